The molecular weight excluding hydrogens is 252 g/mol. The number of hydrogen-bond donors (Lipinski definition) is 1. The molecule has 0 aliphatic rings. The van der Waals surface area contributed by atoms with E-state index < -0.39 is 0 Å². The summed E-state index contributed by atoms with van der Waals surface area (Å²) >= 11 is 7.81. The predicted molar refractivity (Wildman–Crippen MR) is 74.8 cm³/mol. The third kappa shape index (κ3) is 3.28. The summed E-state index contributed by atoms with van der Waals surface area (Å²) in [7, 11) is 1.97. The molecule has 0 atom stereocenters. The fourth-order valence-electron chi connectivity index (χ4n) is 1.63. The van der Waals surface area contributed by atoms with Crippen LogP contribution >= 0.6 is 22.9 Å². The summed E-state index contributed by atoms with van der Waals surface area (Å²) in [6.07, 6.45) is 2.13. The SMILES string of the molecule is CNCCCc1csc(-c2ccccc2Cl)n1. The molecule has 1 aromatic carbocycles. The van der Waals surface area contributed by atoms with Crippen molar-refractivity contribution in [1.82, 2.24) is 10.3 Å². The van der Waals surface area contributed by atoms with Gasteiger partial charge in [-0.3, -0.25) is 0 Å². The Balaban J connectivity index is 2.10. The largest absolute Gasteiger partial charge is 0.320 e. The molecule has 0 amide bonds. The molecule has 0 unspecified atom stereocenters. The van der Waals surface area contributed by atoms with Gasteiger partial charge in [0.25, 0.3) is 0 Å². The number of nitrogens with one attached hydrogen (secondary N) is 1. The summed E-state index contributed by atoms with van der Waals surface area (Å²) < 4.78 is 0. The highest BCUT2D eigenvalue weighted by molar-refractivity contribution is 7.13. The highest BCUT2D eigenvalue weighted by Crippen LogP contribution is 2.30. The van der Waals surface area contributed by atoms with Gasteiger partial charge in [0.2, 0.25) is 0 Å². The predicted octanol–water partition coefficient (Wildman–Crippen LogP) is 3.62. The van der Waals surface area contributed by atoms with Crippen LogP contribution in [0, 0.1) is 0 Å². The Morgan fingerprint density at radius 2 is 2.18 bits per heavy atom. The van der Waals surface area contributed by atoms with Crippen LogP contribution in [-0.4, -0.2) is 18.6 Å². The van der Waals surface area contributed by atoms with Gasteiger partial charge in [-0.15, -0.1) is 11.3 Å². The average molecular weight is 267 g/mol. The number of aryl methyl sites for hydroxylation is 1. The molecule has 1 N–H and O–H groups in total. The summed E-state index contributed by atoms with van der Waals surface area (Å²) in [5, 5.41) is 7.04. The number of aromatic nitrogens is 1. The highest BCUT2D eigenvalue weighted by Gasteiger charge is 2.07. The lowest BCUT2D eigenvalue weighted by Crippen LogP contribution is -2.08. The summed E-state index contributed by atoms with van der Waals surface area (Å²) in [5.74, 6) is 0. The average Bonchev–Trinajstić information content (AvgIpc) is 2.79. The van der Waals surface area contributed by atoms with Gasteiger partial charge in [0.1, 0.15) is 5.01 Å². The van der Waals surface area contributed by atoms with Crippen LogP contribution in [-0.2, 0) is 6.42 Å². The van der Waals surface area contributed by atoms with Crippen molar-refractivity contribution in [2.45, 2.75) is 12.8 Å². The highest BCUT2D eigenvalue weighted by atomic mass is 35.5. The molecule has 1 aromatic heterocycles. The smallest absolute Gasteiger partial charge is 0.125 e. The topological polar surface area (TPSA) is 24.9 Å². The van der Waals surface area contributed by atoms with Crippen molar-refractivity contribution < 1.29 is 0 Å². The number of nitrogens with zero attached hydrogens (tertiary/aromatic N) is 1. The molecule has 0 bridgehead atoms. The van der Waals surface area contributed by atoms with Crippen LogP contribution in [0.25, 0.3) is 10.6 Å². The van der Waals surface area contributed by atoms with E-state index in [1.54, 1.807) is 11.3 Å². The second-order valence-electron chi connectivity index (χ2n) is 3.83. The van der Waals surface area contributed by atoms with E-state index >= 15 is 0 Å². The maximum absolute atomic E-state index is 6.15. The zero-order valence-corrected chi connectivity index (χ0v) is 11.3. The number of benzene rings is 1. The fourth-order valence-corrected chi connectivity index (χ4v) is 2.80. The molecule has 17 heavy (non-hydrogen) atoms. The van der Waals surface area contributed by atoms with Crippen LogP contribution in [0.5, 0.6) is 0 Å². The third-order valence-corrected chi connectivity index (χ3v) is 3.77. The molecule has 0 saturated carbocycles. The van der Waals surface area contributed by atoms with Crippen molar-refractivity contribution in [3.05, 3.63) is 40.4 Å². The van der Waals surface area contributed by atoms with E-state index in [2.05, 4.69) is 15.7 Å². The van der Waals surface area contributed by atoms with E-state index in [-0.39, 0.29) is 0 Å². The van der Waals surface area contributed by atoms with Gasteiger partial charge in [0, 0.05) is 10.9 Å². The number of rotatable bonds is 5. The minimum atomic E-state index is 0.767. The molecule has 0 spiro atoms. The van der Waals surface area contributed by atoms with Crippen LogP contribution in [0.2, 0.25) is 5.02 Å². The number of halogens is 1. The molecule has 0 fully saturated rings. The van der Waals surface area contributed by atoms with Gasteiger partial charge in [0.05, 0.1) is 10.7 Å². The Hall–Kier alpha value is -0.900. The van der Waals surface area contributed by atoms with E-state index in [0.717, 1.165) is 40.7 Å². The molecule has 2 nitrogen and oxygen atoms in total. The van der Waals surface area contributed by atoms with Gasteiger partial charge in [0.15, 0.2) is 0 Å². The van der Waals surface area contributed by atoms with Crippen molar-refractivity contribution in [3.8, 4) is 10.6 Å². The quantitative estimate of drug-likeness (QED) is 0.837. The lowest BCUT2D eigenvalue weighted by Gasteiger charge is -1.99. The number of hydrogen-bond acceptors (Lipinski definition) is 3. The molecule has 90 valence electrons. The van der Waals surface area contributed by atoms with Gasteiger partial charge >= 0.3 is 0 Å². The molecule has 1 heterocycles. The summed E-state index contributed by atoms with van der Waals surface area (Å²) in [6, 6.07) is 7.84. The molecule has 0 aliphatic carbocycles. The zero-order chi connectivity index (χ0) is 12.1. The van der Waals surface area contributed by atoms with E-state index in [9.17, 15) is 0 Å². The third-order valence-electron chi connectivity index (χ3n) is 2.52. The van der Waals surface area contributed by atoms with E-state index in [1.807, 2.05) is 31.3 Å². The van der Waals surface area contributed by atoms with Gasteiger partial charge in [-0.25, -0.2) is 4.98 Å². The monoisotopic (exact) mass is 266 g/mol. The maximum Gasteiger partial charge on any atom is 0.125 e. The van der Waals surface area contributed by atoms with Crippen molar-refractivity contribution in [1.29, 1.82) is 0 Å². The second-order valence-corrected chi connectivity index (χ2v) is 5.10. The Kier molecular flexibility index (Phi) is 4.54. The number of thiazole rings is 1. The molecule has 4 heteroatoms. The van der Waals surface area contributed by atoms with Crippen molar-refractivity contribution >= 4 is 22.9 Å². The normalized spacial score (nSPS) is 10.7. The van der Waals surface area contributed by atoms with Crippen LogP contribution in [0.3, 0.4) is 0 Å². The van der Waals surface area contributed by atoms with E-state index in [0.29, 0.717) is 0 Å². The van der Waals surface area contributed by atoms with Gasteiger partial charge in [-0.05, 0) is 32.5 Å². The van der Waals surface area contributed by atoms with Crippen molar-refractivity contribution in [2.75, 3.05) is 13.6 Å². The van der Waals surface area contributed by atoms with E-state index in [1.165, 1.54) is 0 Å². The lowest BCUT2D eigenvalue weighted by molar-refractivity contribution is 0.718. The van der Waals surface area contributed by atoms with Crippen LogP contribution in [0.1, 0.15) is 12.1 Å². The van der Waals surface area contributed by atoms with Gasteiger partial charge in [-0.2, -0.15) is 0 Å². The summed E-state index contributed by atoms with van der Waals surface area (Å²) in [6.45, 7) is 1.03. The first kappa shape index (κ1) is 12.6. The summed E-state index contributed by atoms with van der Waals surface area (Å²) in [4.78, 5) is 4.62. The van der Waals surface area contributed by atoms with Crippen LogP contribution in [0.4, 0.5) is 0 Å². The van der Waals surface area contributed by atoms with Crippen molar-refractivity contribution in [2.24, 2.45) is 0 Å². The maximum atomic E-state index is 6.15. The Morgan fingerprint density at radius 1 is 1.35 bits per heavy atom. The first-order valence-corrected chi connectivity index (χ1v) is 6.91. The Morgan fingerprint density at radius 3 is 2.94 bits per heavy atom. The van der Waals surface area contributed by atoms with Crippen LogP contribution in [0.15, 0.2) is 29.6 Å². The minimum Gasteiger partial charge on any atom is -0.320 e. The van der Waals surface area contributed by atoms with Crippen molar-refractivity contribution in [3.63, 3.8) is 0 Å². The molecule has 0 aliphatic heterocycles. The standard InChI is InChI=1S/C13H15ClN2S/c1-15-8-4-5-10-9-17-13(16-10)11-6-2-3-7-12(11)14/h2-3,6-7,9,15H,4-5,8H2,1H3. The fraction of sp³-hybridized carbons (Fsp3) is 0.308. The van der Waals surface area contributed by atoms with E-state index in [4.69, 9.17) is 11.6 Å². The molecule has 0 radical (unpaired) electrons. The van der Waals surface area contributed by atoms with Crippen LogP contribution < -0.4 is 5.32 Å². The first-order valence-electron chi connectivity index (χ1n) is 5.65. The Bertz CT molecular complexity index is 482. The van der Waals surface area contributed by atoms with Gasteiger partial charge < -0.3 is 5.32 Å². The zero-order valence-electron chi connectivity index (χ0n) is 9.74. The Labute approximate surface area is 111 Å². The molecule has 2 rings (SSSR count). The molecule has 0 saturated heterocycles. The molecular formula is C13H15ClN2S. The second kappa shape index (κ2) is 6.15. The first-order chi connectivity index (χ1) is 8.31. The summed E-state index contributed by atoms with van der Waals surface area (Å²) in [5.41, 5.74) is 2.18. The van der Waals surface area contributed by atoms with Gasteiger partial charge in [-0.1, -0.05) is 29.8 Å². The lowest BCUT2D eigenvalue weighted by atomic mass is 10.2. The minimum absolute atomic E-state index is 0.767. The molecule has 2 aromatic rings.